The number of aryl methyl sites for hydroxylation is 2. The number of nitrogens with one attached hydrogen (secondary N) is 1. The minimum atomic E-state index is -1.16. The summed E-state index contributed by atoms with van der Waals surface area (Å²) in [5, 5.41) is 21.6. The Labute approximate surface area is 218 Å². The predicted octanol–water partition coefficient (Wildman–Crippen LogP) is 4.72. The minimum Gasteiger partial charge on any atom is -0.481 e. The van der Waals surface area contributed by atoms with Gasteiger partial charge in [0.15, 0.2) is 0 Å². The summed E-state index contributed by atoms with van der Waals surface area (Å²) in [5.74, 6) is 0.0981. The van der Waals surface area contributed by atoms with Crippen LogP contribution in [-0.2, 0) is 29.6 Å². The average Bonchev–Trinajstić information content (AvgIpc) is 3.16. The molecular weight excluding hydrogens is 470 g/mol. The second-order valence-corrected chi connectivity index (χ2v) is 10.8. The summed E-state index contributed by atoms with van der Waals surface area (Å²) in [6.45, 7) is 10.0. The second kappa shape index (κ2) is 10.9. The number of nitrogens with zero attached hydrogens (tertiary/aromatic N) is 4. The van der Waals surface area contributed by atoms with Crippen LogP contribution in [0, 0.1) is 18.3 Å². The molecule has 1 unspecified atom stereocenters. The third kappa shape index (κ3) is 6.10. The quantitative estimate of drug-likeness (QED) is 0.428. The summed E-state index contributed by atoms with van der Waals surface area (Å²) in [7, 11) is 1.78. The smallest absolute Gasteiger partial charge is 0.312 e. The van der Waals surface area contributed by atoms with Crippen molar-refractivity contribution in [3.05, 3.63) is 65.1 Å². The monoisotopic (exact) mass is 507 g/mol. The summed E-state index contributed by atoms with van der Waals surface area (Å²) in [5.41, 5.74) is 3.42. The zero-order valence-electron chi connectivity index (χ0n) is 22.4. The SMILES string of the molecule is Cc1ccc([C@@H](OCc2cn(C)nn2)C(C)(C)C(=O)O)cc1CC1C[C@H](C(C)C)Nc2cccnc2O1. The highest BCUT2D eigenvalue weighted by Gasteiger charge is 2.39. The van der Waals surface area contributed by atoms with E-state index in [1.807, 2.05) is 24.3 Å². The largest absolute Gasteiger partial charge is 0.481 e. The van der Waals surface area contributed by atoms with E-state index in [1.165, 1.54) is 0 Å². The fraction of sp³-hybridized carbons (Fsp3) is 0.500. The van der Waals surface area contributed by atoms with E-state index in [-0.39, 0.29) is 18.8 Å². The molecule has 2 N–H and O–H groups in total. The summed E-state index contributed by atoms with van der Waals surface area (Å²) >= 11 is 0. The molecule has 37 heavy (non-hydrogen) atoms. The van der Waals surface area contributed by atoms with E-state index in [1.54, 1.807) is 38.0 Å². The lowest BCUT2D eigenvalue weighted by Crippen LogP contribution is -2.33. The van der Waals surface area contributed by atoms with Crippen LogP contribution in [0.5, 0.6) is 5.88 Å². The topological polar surface area (TPSA) is 111 Å². The number of carboxylic acids is 1. The molecule has 9 nitrogen and oxygen atoms in total. The minimum absolute atomic E-state index is 0.0866. The highest BCUT2D eigenvalue weighted by Crippen LogP contribution is 2.39. The number of anilines is 1. The molecule has 0 spiro atoms. The Kier molecular flexibility index (Phi) is 7.82. The molecule has 4 rings (SSSR count). The molecule has 0 bridgehead atoms. The first-order chi connectivity index (χ1) is 17.5. The maximum Gasteiger partial charge on any atom is 0.312 e. The summed E-state index contributed by atoms with van der Waals surface area (Å²) in [6, 6.07) is 10.2. The van der Waals surface area contributed by atoms with Crippen molar-refractivity contribution in [2.75, 3.05) is 5.32 Å². The van der Waals surface area contributed by atoms with Crippen molar-refractivity contribution in [1.29, 1.82) is 0 Å². The lowest BCUT2D eigenvalue weighted by Gasteiger charge is -2.31. The number of ether oxygens (including phenoxy) is 2. The van der Waals surface area contributed by atoms with Gasteiger partial charge in [-0.15, -0.1) is 5.10 Å². The number of hydrogen-bond donors (Lipinski definition) is 2. The van der Waals surface area contributed by atoms with Crippen molar-refractivity contribution in [1.82, 2.24) is 20.0 Å². The first kappa shape index (κ1) is 26.6. The number of aliphatic carboxylic acids is 1. The van der Waals surface area contributed by atoms with Crippen molar-refractivity contribution < 1.29 is 19.4 Å². The van der Waals surface area contributed by atoms with Gasteiger partial charge < -0.3 is 19.9 Å². The molecule has 0 aliphatic carbocycles. The molecule has 2 aromatic heterocycles. The Balaban J connectivity index is 1.62. The van der Waals surface area contributed by atoms with Crippen LogP contribution in [0.25, 0.3) is 0 Å². The van der Waals surface area contributed by atoms with E-state index < -0.39 is 17.5 Å². The highest BCUT2D eigenvalue weighted by molar-refractivity contribution is 5.74. The Morgan fingerprint density at radius 1 is 1.32 bits per heavy atom. The molecule has 0 radical (unpaired) electrons. The number of aromatic nitrogens is 4. The van der Waals surface area contributed by atoms with Crippen LogP contribution in [0.3, 0.4) is 0 Å². The van der Waals surface area contributed by atoms with Gasteiger partial charge >= 0.3 is 5.97 Å². The Hall–Kier alpha value is -3.46. The molecule has 1 aliphatic heterocycles. The molecule has 0 fully saturated rings. The molecule has 0 amide bonds. The maximum atomic E-state index is 12.2. The van der Waals surface area contributed by atoms with E-state index in [4.69, 9.17) is 9.47 Å². The number of benzene rings is 1. The number of carbonyl (C=O) groups is 1. The Morgan fingerprint density at radius 3 is 2.78 bits per heavy atom. The lowest BCUT2D eigenvalue weighted by atomic mass is 9.81. The summed E-state index contributed by atoms with van der Waals surface area (Å²) < 4.78 is 14.2. The number of pyridine rings is 1. The molecule has 9 heteroatoms. The highest BCUT2D eigenvalue weighted by atomic mass is 16.5. The third-order valence-corrected chi connectivity index (χ3v) is 7.09. The van der Waals surface area contributed by atoms with Gasteiger partial charge in [0.05, 0.1) is 30.0 Å². The normalized spacial score (nSPS) is 18.5. The standard InChI is InChI=1S/C28H37N5O4/c1-17(2)24-14-22(37-26-23(30-24)8-7-11-29-26)13-20-12-19(10-9-18(20)3)25(28(4,5)27(34)35)36-16-21-15-33(6)32-31-21/h7-12,15,17,22,24-25,30H,13-14,16H2,1-6H3,(H,34,35)/t22?,24-,25-/m1/s1. The fourth-order valence-electron chi connectivity index (χ4n) is 4.69. The summed E-state index contributed by atoms with van der Waals surface area (Å²) in [4.78, 5) is 16.7. The van der Waals surface area contributed by atoms with Gasteiger partial charge in [0, 0.05) is 32.1 Å². The Morgan fingerprint density at radius 2 is 2.11 bits per heavy atom. The van der Waals surface area contributed by atoms with Gasteiger partial charge in [-0.05, 0) is 55.5 Å². The first-order valence-electron chi connectivity index (χ1n) is 12.7. The molecule has 3 aromatic rings. The van der Waals surface area contributed by atoms with Gasteiger partial charge in [0.1, 0.15) is 11.8 Å². The third-order valence-electron chi connectivity index (χ3n) is 7.09. The van der Waals surface area contributed by atoms with Crippen LogP contribution in [0.4, 0.5) is 5.69 Å². The van der Waals surface area contributed by atoms with Crippen LogP contribution in [0.15, 0.2) is 42.7 Å². The van der Waals surface area contributed by atoms with Crippen molar-refractivity contribution in [2.24, 2.45) is 18.4 Å². The number of fused-ring (bicyclic) bond motifs is 1. The van der Waals surface area contributed by atoms with Crippen molar-refractivity contribution in [3.63, 3.8) is 0 Å². The van der Waals surface area contributed by atoms with Gasteiger partial charge in [0.2, 0.25) is 5.88 Å². The van der Waals surface area contributed by atoms with Crippen LogP contribution in [0.1, 0.15) is 62.6 Å². The van der Waals surface area contributed by atoms with Gasteiger partial charge in [0.25, 0.3) is 0 Å². The van der Waals surface area contributed by atoms with Crippen LogP contribution < -0.4 is 10.1 Å². The molecule has 198 valence electrons. The maximum absolute atomic E-state index is 12.2. The van der Waals surface area contributed by atoms with Gasteiger partial charge in [-0.2, -0.15) is 0 Å². The van der Waals surface area contributed by atoms with Crippen LogP contribution in [-0.4, -0.2) is 43.2 Å². The van der Waals surface area contributed by atoms with E-state index in [9.17, 15) is 9.90 Å². The molecule has 3 atom stereocenters. The van der Waals surface area contributed by atoms with E-state index in [0.717, 1.165) is 28.8 Å². The van der Waals surface area contributed by atoms with Crippen molar-refractivity contribution >= 4 is 11.7 Å². The molecule has 0 saturated heterocycles. The number of hydrogen-bond acceptors (Lipinski definition) is 7. The van der Waals surface area contributed by atoms with E-state index in [0.29, 0.717) is 23.9 Å². The number of carboxylic acid groups (broad SMARTS) is 1. The van der Waals surface area contributed by atoms with Gasteiger partial charge in [-0.25, -0.2) is 4.98 Å². The average molecular weight is 508 g/mol. The molecule has 1 aliphatic rings. The second-order valence-electron chi connectivity index (χ2n) is 10.8. The zero-order chi connectivity index (χ0) is 26.7. The molecule has 3 heterocycles. The number of rotatable bonds is 9. The predicted molar refractivity (Wildman–Crippen MR) is 140 cm³/mol. The van der Waals surface area contributed by atoms with Gasteiger partial charge in [-0.3, -0.25) is 9.48 Å². The molecule has 0 saturated carbocycles. The van der Waals surface area contributed by atoms with E-state index >= 15 is 0 Å². The van der Waals surface area contributed by atoms with Gasteiger partial charge in [-0.1, -0.05) is 37.3 Å². The van der Waals surface area contributed by atoms with Crippen molar-refractivity contribution in [2.45, 2.75) is 72.3 Å². The van der Waals surface area contributed by atoms with Crippen LogP contribution in [0.2, 0.25) is 0 Å². The summed E-state index contributed by atoms with van der Waals surface area (Å²) in [6.07, 6.45) is 4.23. The molecule has 1 aromatic carbocycles. The van der Waals surface area contributed by atoms with Crippen LogP contribution >= 0.6 is 0 Å². The fourth-order valence-corrected chi connectivity index (χ4v) is 4.69. The van der Waals surface area contributed by atoms with E-state index in [2.05, 4.69) is 47.5 Å². The zero-order valence-corrected chi connectivity index (χ0v) is 22.4. The van der Waals surface area contributed by atoms with Crippen molar-refractivity contribution in [3.8, 4) is 5.88 Å². The Bertz CT molecular complexity index is 1240. The first-order valence-corrected chi connectivity index (χ1v) is 12.7. The molecular formula is C28H37N5O4. The lowest BCUT2D eigenvalue weighted by molar-refractivity contribution is -0.158.